The summed E-state index contributed by atoms with van der Waals surface area (Å²) in [5.41, 5.74) is 10.5. The zero-order valence-corrected chi connectivity index (χ0v) is 6.74. The first-order valence-corrected chi connectivity index (χ1v) is 3.49. The Labute approximate surface area is 74.5 Å². The highest BCUT2D eigenvalue weighted by molar-refractivity contribution is 5.99. The summed E-state index contributed by atoms with van der Waals surface area (Å²) in [6.07, 6.45) is 0. The van der Waals surface area contributed by atoms with Gasteiger partial charge >= 0.3 is 0 Å². The van der Waals surface area contributed by atoms with E-state index in [0.29, 0.717) is 5.56 Å². The highest BCUT2D eigenvalue weighted by Gasteiger charge is 2.08. The molecule has 0 saturated heterocycles. The molecule has 0 saturated carbocycles. The Morgan fingerprint density at radius 3 is 2.38 bits per heavy atom. The number of carbonyl (C=O) groups is 1. The summed E-state index contributed by atoms with van der Waals surface area (Å²) in [7, 11) is 0. The Hall–Kier alpha value is -2.04. The smallest absolute Gasteiger partial charge is 0.252 e. The summed E-state index contributed by atoms with van der Waals surface area (Å²) in [6, 6.07) is 4.00. The summed E-state index contributed by atoms with van der Waals surface area (Å²) in [5, 5.41) is 16.3. The molecule has 0 atom stereocenters. The largest absolute Gasteiger partial charge is 0.507 e. The topological polar surface area (TPSA) is 113 Å². The van der Waals surface area contributed by atoms with E-state index < -0.39 is 5.91 Å². The quantitative estimate of drug-likeness (QED) is 0.371. The number of benzene rings is 1. The van der Waals surface area contributed by atoms with Gasteiger partial charge in [0.05, 0.1) is 5.56 Å². The predicted octanol–water partition coefficient (Wildman–Crippen LogP) is -0.225. The molecule has 0 aliphatic carbocycles. The van der Waals surface area contributed by atoms with Crippen LogP contribution in [0.25, 0.3) is 0 Å². The van der Waals surface area contributed by atoms with E-state index in [0.717, 1.165) is 0 Å². The van der Waals surface area contributed by atoms with Gasteiger partial charge in [0.15, 0.2) is 0 Å². The van der Waals surface area contributed by atoms with Crippen molar-refractivity contribution in [1.82, 2.24) is 0 Å². The molecule has 5 heteroatoms. The van der Waals surface area contributed by atoms with Crippen LogP contribution >= 0.6 is 0 Å². The molecule has 6 N–H and O–H groups in total. The molecule has 13 heavy (non-hydrogen) atoms. The van der Waals surface area contributed by atoms with Crippen molar-refractivity contribution < 1.29 is 9.90 Å². The fourth-order valence-corrected chi connectivity index (χ4v) is 0.908. The Balaban J connectivity index is 3.20. The monoisotopic (exact) mass is 179 g/mol. The first kappa shape index (κ1) is 9.05. The molecule has 1 aromatic rings. The van der Waals surface area contributed by atoms with E-state index in [1.54, 1.807) is 0 Å². The molecule has 5 nitrogen and oxygen atoms in total. The van der Waals surface area contributed by atoms with E-state index in [2.05, 4.69) is 0 Å². The summed E-state index contributed by atoms with van der Waals surface area (Å²) in [4.78, 5) is 10.7. The molecule has 0 radical (unpaired) electrons. The van der Waals surface area contributed by atoms with Gasteiger partial charge in [-0.3, -0.25) is 10.2 Å². The van der Waals surface area contributed by atoms with Crippen LogP contribution < -0.4 is 11.5 Å². The Morgan fingerprint density at radius 2 is 2.00 bits per heavy atom. The molecule has 1 rings (SSSR count). The highest BCUT2D eigenvalue weighted by atomic mass is 16.3. The SMILES string of the molecule is N=C(N)c1ccc(C(N)=O)c(O)c1. The third-order valence-corrected chi connectivity index (χ3v) is 1.57. The maximum absolute atomic E-state index is 10.7. The van der Waals surface area contributed by atoms with E-state index in [4.69, 9.17) is 16.9 Å². The van der Waals surface area contributed by atoms with Crippen molar-refractivity contribution in [1.29, 1.82) is 5.41 Å². The number of rotatable bonds is 2. The van der Waals surface area contributed by atoms with Gasteiger partial charge in [-0.25, -0.2) is 0 Å². The standard InChI is InChI=1S/C8H9N3O2/c9-7(10)4-1-2-5(8(11)13)6(12)3-4/h1-3,12H,(H3,9,10)(H2,11,13). The van der Waals surface area contributed by atoms with E-state index in [1.165, 1.54) is 18.2 Å². The van der Waals surface area contributed by atoms with Gasteiger partial charge in [-0.15, -0.1) is 0 Å². The molecule has 1 amide bonds. The van der Waals surface area contributed by atoms with Gasteiger partial charge in [0.25, 0.3) is 5.91 Å². The summed E-state index contributed by atoms with van der Waals surface area (Å²) >= 11 is 0. The maximum Gasteiger partial charge on any atom is 0.252 e. The Morgan fingerprint density at radius 1 is 1.38 bits per heavy atom. The van der Waals surface area contributed by atoms with Crippen LogP contribution in [0.4, 0.5) is 0 Å². The molecule has 0 heterocycles. The minimum absolute atomic E-state index is 0.0185. The molecule has 1 aromatic carbocycles. The molecule has 0 unspecified atom stereocenters. The number of carbonyl (C=O) groups excluding carboxylic acids is 1. The number of hydrogen-bond donors (Lipinski definition) is 4. The second-order valence-corrected chi connectivity index (χ2v) is 2.51. The average Bonchev–Trinajstić information content (AvgIpc) is 2.03. The predicted molar refractivity (Wildman–Crippen MR) is 47.6 cm³/mol. The Kier molecular flexibility index (Phi) is 2.19. The molecule has 0 spiro atoms. The lowest BCUT2D eigenvalue weighted by Gasteiger charge is -2.02. The number of phenols is 1. The average molecular weight is 179 g/mol. The van der Waals surface area contributed by atoms with Crippen LogP contribution in [0.1, 0.15) is 15.9 Å². The molecule has 68 valence electrons. The lowest BCUT2D eigenvalue weighted by Crippen LogP contribution is -2.14. The van der Waals surface area contributed by atoms with Gasteiger partial charge in [0.2, 0.25) is 0 Å². The molecule has 0 aliphatic rings. The zero-order chi connectivity index (χ0) is 10.0. The Bertz CT molecular complexity index is 374. The van der Waals surface area contributed by atoms with Gasteiger partial charge in [-0.1, -0.05) is 6.07 Å². The number of primary amides is 1. The van der Waals surface area contributed by atoms with Gasteiger partial charge in [0, 0.05) is 5.56 Å². The van der Waals surface area contributed by atoms with E-state index in [1.807, 2.05) is 0 Å². The van der Waals surface area contributed by atoms with Gasteiger partial charge in [0.1, 0.15) is 11.6 Å². The fraction of sp³-hybridized carbons (Fsp3) is 0. The fourth-order valence-electron chi connectivity index (χ4n) is 0.908. The number of hydrogen-bond acceptors (Lipinski definition) is 3. The van der Waals surface area contributed by atoms with Crippen molar-refractivity contribution in [3.63, 3.8) is 0 Å². The van der Waals surface area contributed by atoms with Crippen molar-refractivity contribution in [2.24, 2.45) is 11.5 Å². The molecule has 0 bridgehead atoms. The van der Waals surface area contributed by atoms with E-state index in [9.17, 15) is 9.90 Å². The number of amides is 1. The maximum atomic E-state index is 10.7. The molecular weight excluding hydrogens is 170 g/mol. The number of nitrogen functional groups attached to an aromatic ring is 1. The second kappa shape index (κ2) is 3.14. The van der Waals surface area contributed by atoms with Crippen molar-refractivity contribution in [3.05, 3.63) is 29.3 Å². The van der Waals surface area contributed by atoms with Gasteiger partial charge in [-0.2, -0.15) is 0 Å². The van der Waals surface area contributed by atoms with Crippen molar-refractivity contribution in [2.45, 2.75) is 0 Å². The van der Waals surface area contributed by atoms with Crippen LogP contribution in [-0.4, -0.2) is 16.8 Å². The van der Waals surface area contributed by atoms with Crippen molar-refractivity contribution in [3.8, 4) is 5.75 Å². The van der Waals surface area contributed by atoms with Gasteiger partial charge in [-0.05, 0) is 12.1 Å². The van der Waals surface area contributed by atoms with Crippen molar-refractivity contribution >= 4 is 11.7 Å². The lowest BCUT2D eigenvalue weighted by atomic mass is 10.1. The van der Waals surface area contributed by atoms with Crippen LogP contribution in [0, 0.1) is 5.41 Å². The second-order valence-electron chi connectivity index (χ2n) is 2.51. The van der Waals surface area contributed by atoms with Crippen LogP contribution in [0.3, 0.4) is 0 Å². The highest BCUT2D eigenvalue weighted by Crippen LogP contribution is 2.17. The zero-order valence-electron chi connectivity index (χ0n) is 6.74. The summed E-state index contributed by atoms with van der Waals surface area (Å²) in [6.45, 7) is 0. The summed E-state index contributed by atoms with van der Waals surface area (Å²) in [5.74, 6) is -1.15. The number of amidine groups is 1. The molecule has 0 aliphatic heterocycles. The normalized spacial score (nSPS) is 9.54. The first-order valence-electron chi connectivity index (χ1n) is 3.49. The molecular formula is C8H9N3O2. The molecule has 0 aromatic heterocycles. The van der Waals surface area contributed by atoms with Crippen molar-refractivity contribution in [2.75, 3.05) is 0 Å². The minimum Gasteiger partial charge on any atom is -0.507 e. The van der Waals surface area contributed by atoms with Crippen LogP contribution in [0.15, 0.2) is 18.2 Å². The van der Waals surface area contributed by atoms with Crippen LogP contribution in [-0.2, 0) is 0 Å². The molecule has 0 fully saturated rings. The minimum atomic E-state index is -0.715. The number of aromatic hydroxyl groups is 1. The number of nitrogens with two attached hydrogens (primary N) is 2. The number of nitrogens with one attached hydrogen (secondary N) is 1. The van der Waals surface area contributed by atoms with E-state index >= 15 is 0 Å². The third kappa shape index (κ3) is 1.76. The lowest BCUT2D eigenvalue weighted by molar-refractivity contribution is 0.0998. The van der Waals surface area contributed by atoms with Gasteiger partial charge < -0.3 is 16.6 Å². The van der Waals surface area contributed by atoms with E-state index in [-0.39, 0.29) is 17.1 Å². The third-order valence-electron chi connectivity index (χ3n) is 1.57. The summed E-state index contributed by atoms with van der Waals surface area (Å²) < 4.78 is 0. The van der Waals surface area contributed by atoms with Crippen LogP contribution in [0.5, 0.6) is 5.75 Å². The first-order chi connectivity index (χ1) is 6.02. The van der Waals surface area contributed by atoms with Crippen LogP contribution in [0.2, 0.25) is 0 Å².